The van der Waals surface area contributed by atoms with Crippen LogP contribution in [-0.4, -0.2) is 31.7 Å². The van der Waals surface area contributed by atoms with Crippen LogP contribution in [0.25, 0.3) is 0 Å². The minimum Gasteiger partial charge on any atom is -0.272 e. The molecule has 0 spiro atoms. The number of rotatable bonds is 5. The van der Waals surface area contributed by atoms with Gasteiger partial charge in [-0.25, -0.2) is 14.9 Å². The van der Waals surface area contributed by atoms with Crippen LogP contribution in [0.1, 0.15) is 45.4 Å². The number of nitrogens with zero attached hydrogens (tertiary/aromatic N) is 4. The van der Waals surface area contributed by atoms with Gasteiger partial charge in [-0.3, -0.25) is 14.2 Å². The maximum absolute atomic E-state index is 12.3. The second kappa shape index (κ2) is 7.17. The Labute approximate surface area is 167 Å². The van der Waals surface area contributed by atoms with E-state index in [2.05, 4.69) is 15.6 Å². The van der Waals surface area contributed by atoms with Crippen molar-refractivity contribution in [2.75, 3.05) is 5.75 Å². The van der Waals surface area contributed by atoms with E-state index in [1.54, 1.807) is 0 Å². The van der Waals surface area contributed by atoms with E-state index in [0.29, 0.717) is 0 Å². The van der Waals surface area contributed by atoms with E-state index in [-0.39, 0.29) is 22.1 Å². The van der Waals surface area contributed by atoms with Crippen LogP contribution in [0.3, 0.4) is 0 Å². The molecule has 0 aromatic carbocycles. The summed E-state index contributed by atoms with van der Waals surface area (Å²) in [4.78, 5) is 36.0. The van der Waals surface area contributed by atoms with Gasteiger partial charge in [0.05, 0.1) is 5.75 Å². The van der Waals surface area contributed by atoms with Crippen molar-refractivity contribution in [3.8, 4) is 0 Å². The minimum atomic E-state index is -0.492. The summed E-state index contributed by atoms with van der Waals surface area (Å²) in [6, 6.07) is 0. The molecule has 1 aromatic heterocycles. The number of hydrogen-bond acceptors (Lipinski definition) is 6. The van der Waals surface area contributed by atoms with E-state index in [4.69, 9.17) is 0 Å². The molecule has 0 saturated heterocycles. The summed E-state index contributed by atoms with van der Waals surface area (Å²) in [5, 5.41) is 8.51. The lowest BCUT2D eigenvalue weighted by Gasteiger charge is -2.56. The molecule has 9 heteroatoms. The van der Waals surface area contributed by atoms with E-state index in [9.17, 15) is 14.4 Å². The van der Waals surface area contributed by atoms with Gasteiger partial charge < -0.3 is 0 Å². The quantitative estimate of drug-likeness (QED) is 0.452. The summed E-state index contributed by atoms with van der Waals surface area (Å²) >= 11 is 1.02. The molecule has 0 aliphatic heterocycles. The highest BCUT2D eigenvalue weighted by Gasteiger charge is 2.52. The lowest BCUT2D eigenvalue weighted by atomic mass is 9.48. The van der Waals surface area contributed by atoms with Gasteiger partial charge in [0, 0.05) is 25.2 Å². The minimum absolute atomic E-state index is 0.0259. The molecule has 1 N–H and O–H groups in total. The van der Waals surface area contributed by atoms with E-state index in [1.165, 1.54) is 52.6 Å². The Morgan fingerprint density at radius 1 is 1.18 bits per heavy atom. The highest BCUT2D eigenvalue weighted by atomic mass is 32.2. The Kier molecular flexibility index (Phi) is 4.97. The molecular weight excluding hydrogens is 378 g/mol. The van der Waals surface area contributed by atoms with Crippen LogP contribution < -0.4 is 16.7 Å². The third-order valence-corrected chi connectivity index (χ3v) is 7.72. The van der Waals surface area contributed by atoms with Gasteiger partial charge in [-0.1, -0.05) is 11.8 Å². The van der Waals surface area contributed by atoms with Gasteiger partial charge in [-0.15, -0.1) is 0 Å². The molecule has 0 atom stereocenters. The van der Waals surface area contributed by atoms with Crippen LogP contribution >= 0.6 is 11.8 Å². The normalized spacial score (nSPS) is 31.2. The first kappa shape index (κ1) is 19.4. The second-order valence-electron chi connectivity index (χ2n) is 8.79. The molecule has 5 rings (SSSR count). The summed E-state index contributed by atoms with van der Waals surface area (Å²) in [6.07, 6.45) is 7.73. The molecule has 1 amide bonds. The Hall–Kier alpha value is -1.90. The first-order chi connectivity index (χ1) is 13.3. The molecule has 4 saturated carbocycles. The van der Waals surface area contributed by atoms with Gasteiger partial charge >= 0.3 is 5.69 Å². The predicted molar refractivity (Wildman–Crippen MR) is 107 cm³/mol. The average molecular weight is 406 g/mol. The van der Waals surface area contributed by atoms with Gasteiger partial charge in [0.2, 0.25) is 5.91 Å². The predicted octanol–water partition coefficient (Wildman–Crippen LogP) is 1.28. The lowest BCUT2D eigenvalue weighted by Crippen LogP contribution is -2.49. The highest BCUT2D eigenvalue weighted by molar-refractivity contribution is 7.99. The maximum atomic E-state index is 12.3. The number of carbonyl (C=O) groups excluding carboxylic acids is 1. The SMILES string of the molecule is C/C(=N/NC(=O)CSc1nn(C)c(=O)n(C)c1=O)C12CC3CC(CC(C3)C1)C2. The molecule has 4 fully saturated rings. The number of amides is 1. The standard InChI is InChI=1S/C19H27N5O3S/c1-11(19-7-12-4-13(8-19)6-14(5-12)9-19)20-21-15(25)10-28-16-17(26)23(2)18(27)24(3)22-16/h12-14H,4-10H2,1-3H3,(H,21,25)/b20-11-. The zero-order valence-electron chi connectivity index (χ0n) is 16.6. The number of aryl methyl sites for hydroxylation is 1. The molecule has 0 unspecified atom stereocenters. The highest BCUT2D eigenvalue weighted by Crippen LogP contribution is 2.60. The number of hydrogen-bond donors (Lipinski definition) is 1. The fourth-order valence-electron chi connectivity index (χ4n) is 5.74. The molecular formula is C19H27N5O3S. The van der Waals surface area contributed by atoms with Crippen LogP contribution in [0, 0.1) is 23.2 Å². The van der Waals surface area contributed by atoms with Crippen molar-refractivity contribution < 1.29 is 4.79 Å². The maximum Gasteiger partial charge on any atom is 0.346 e. The summed E-state index contributed by atoms with van der Waals surface area (Å²) < 4.78 is 2.08. The Morgan fingerprint density at radius 2 is 1.75 bits per heavy atom. The lowest BCUT2D eigenvalue weighted by molar-refractivity contribution is -0.118. The first-order valence-electron chi connectivity index (χ1n) is 9.88. The van der Waals surface area contributed by atoms with Crippen molar-refractivity contribution in [1.82, 2.24) is 19.8 Å². The van der Waals surface area contributed by atoms with Gasteiger partial charge in [0.25, 0.3) is 5.56 Å². The number of nitrogens with one attached hydrogen (secondary N) is 1. The average Bonchev–Trinajstić information content (AvgIpc) is 2.65. The van der Waals surface area contributed by atoms with Crippen LogP contribution in [0.15, 0.2) is 19.7 Å². The van der Waals surface area contributed by atoms with Crippen LogP contribution in [0.5, 0.6) is 0 Å². The Balaban J connectivity index is 1.38. The van der Waals surface area contributed by atoms with E-state index >= 15 is 0 Å². The summed E-state index contributed by atoms with van der Waals surface area (Å²) in [7, 11) is 2.88. The molecule has 0 radical (unpaired) electrons. The molecule has 4 bridgehead atoms. The molecule has 152 valence electrons. The smallest absolute Gasteiger partial charge is 0.272 e. The third-order valence-electron chi connectivity index (χ3n) is 6.79. The molecule has 8 nitrogen and oxygen atoms in total. The summed E-state index contributed by atoms with van der Waals surface area (Å²) in [5.74, 6) is 2.24. The molecule has 4 aliphatic rings. The topological polar surface area (TPSA) is 98.3 Å². The van der Waals surface area contributed by atoms with E-state index in [1.807, 2.05) is 6.92 Å². The molecule has 28 heavy (non-hydrogen) atoms. The summed E-state index contributed by atoms with van der Waals surface area (Å²) in [5.41, 5.74) is 2.89. The molecule has 1 heterocycles. The number of aromatic nitrogens is 3. The Bertz CT molecular complexity index is 913. The monoisotopic (exact) mass is 405 g/mol. The largest absolute Gasteiger partial charge is 0.346 e. The number of carbonyl (C=O) groups is 1. The van der Waals surface area contributed by atoms with Crippen molar-refractivity contribution in [2.24, 2.45) is 42.4 Å². The second-order valence-corrected chi connectivity index (χ2v) is 9.76. The Morgan fingerprint density at radius 3 is 2.32 bits per heavy atom. The van der Waals surface area contributed by atoms with Gasteiger partial charge in [-0.2, -0.15) is 10.2 Å². The fraction of sp³-hybridized carbons (Fsp3) is 0.737. The van der Waals surface area contributed by atoms with Crippen molar-refractivity contribution in [1.29, 1.82) is 0 Å². The molecule has 4 aliphatic carbocycles. The molecule has 1 aromatic rings. The third kappa shape index (κ3) is 3.44. The zero-order valence-corrected chi connectivity index (χ0v) is 17.4. The van der Waals surface area contributed by atoms with E-state index < -0.39 is 11.2 Å². The summed E-state index contributed by atoms with van der Waals surface area (Å²) in [6.45, 7) is 2.05. The van der Waals surface area contributed by atoms with Gasteiger partial charge in [0.1, 0.15) is 0 Å². The van der Waals surface area contributed by atoms with Crippen LogP contribution in [0.2, 0.25) is 0 Å². The number of hydrazone groups is 1. The number of thioether (sulfide) groups is 1. The van der Waals surface area contributed by atoms with Gasteiger partial charge in [-0.05, 0) is 63.2 Å². The van der Waals surface area contributed by atoms with Crippen molar-refractivity contribution >= 4 is 23.4 Å². The van der Waals surface area contributed by atoms with Crippen molar-refractivity contribution in [3.05, 3.63) is 20.8 Å². The zero-order chi connectivity index (χ0) is 20.1. The van der Waals surface area contributed by atoms with E-state index in [0.717, 1.165) is 44.5 Å². The fourth-order valence-corrected chi connectivity index (χ4v) is 6.52. The van der Waals surface area contributed by atoms with Crippen LogP contribution in [0.4, 0.5) is 0 Å². The van der Waals surface area contributed by atoms with Crippen molar-refractivity contribution in [2.45, 2.75) is 50.5 Å². The van der Waals surface area contributed by atoms with Crippen molar-refractivity contribution in [3.63, 3.8) is 0 Å². The first-order valence-corrected chi connectivity index (χ1v) is 10.9. The van der Waals surface area contributed by atoms with Gasteiger partial charge in [0.15, 0.2) is 5.03 Å². The van der Waals surface area contributed by atoms with Crippen LogP contribution in [-0.2, 0) is 18.9 Å².